The monoisotopic (exact) mass is 486 g/mol. The Morgan fingerprint density at radius 2 is 1.64 bits per heavy atom. The first-order chi connectivity index (χ1) is 17.4. The second kappa shape index (κ2) is 9.53. The average Bonchev–Trinajstić information content (AvgIpc) is 3.13. The van der Waals surface area contributed by atoms with Crippen molar-refractivity contribution < 1.29 is 33.4 Å². The van der Waals surface area contributed by atoms with Crippen molar-refractivity contribution in [1.82, 2.24) is 4.90 Å². The van der Waals surface area contributed by atoms with Gasteiger partial charge in [-0.1, -0.05) is 30.3 Å². The van der Waals surface area contributed by atoms with Crippen LogP contribution in [0.25, 0.3) is 0 Å². The van der Waals surface area contributed by atoms with E-state index in [1.165, 1.54) is 25.1 Å². The summed E-state index contributed by atoms with van der Waals surface area (Å²) >= 11 is 0. The van der Waals surface area contributed by atoms with Crippen molar-refractivity contribution in [2.24, 2.45) is 0 Å². The minimum Gasteiger partial charge on any atom is -0.486 e. The summed E-state index contributed by atoms with van der Waals surface area (Å²) in [6.45, 7) is 2.44. The fraction of sp³-hybridized carbons (Fsp3) is 0.185. The molecule has 3 aromatic carbocycles. The van der Waals surface area contributed by atoms with Gasteiger partial charge in [-0.05, 0) is 42.8 Å². The number of anilines is 1. The molecule has 0 aromatic heterocycles. The largest absolute Gasteiger partial charge is 0.486 e. The fourth-order valence-corrected chi connectivity index (χ4v) is 3.97. The predicted molar refractivity (Wildman–Crippen MR) is 128 cm³/mol. The van der Waals surface area contributed by atoms with Gasteiger partial charge in [0.1, 0.15) is 13.2 Å². The molecule has 0 radical (unpaired) electrons. The Bertz CT molecular complexity index is 1370. The van der Waals surface area contributed by atoms with Gasteiger partial charge in [0, 0.05) is 11.8 Å². The SMILES string of the molecule is C[C@H](OC(=O)c1ccc2c(c1)C(=O)N(Cc1ccccc1)C2=O)C(=O)Nc1ccc2c(c1)OCCO2. The molecule has 2 heterocycles. The summed E-state index contributed by atoms with van der Waals surface area (Å²) in [4.78, 5) is 52.1. The molecule has 9 nitrogen and oxygen atoms in total. The minimum atomic E-state index is -1.12. The maximum atomic E-state index is 12.9. The van der Waals surface area contributed by atoms with E-state index in [9.17, 15) is 19.2 Å². The number of fused-ring (bicyclic) bond motifs is 2. The van der Waals surface area contributed by atoms with Crippen molar-refractivity contribution >= 4 is 29.4 Å². The van der Waals surface area contributed by atoms with Crippen LogP contribution in [-0.2, 0) is 16.1 Å². The summed E-state index contributed by atoms with van der Waals surface area (Å²) in [5.74, 6) is -1.14. The molecule has 2 aliphatic heterocycles. The number of hydrogen-bond donors (Lipinski definition) is 1. The summed E-state index contributed by atoms with van der Waals surface area (Å²) in [7, 11) is 0. The number of carbonyl (C=O) groups excluding carboxylic acids is 4. The molecule has 1 N–H and O–H groups in total. The number of rotatable bonds is 6. The van der Waals surface area contributed by atoms with Crippen LogP contribution in [0.5, 0.6) is 11.5 Å². The molecular weight excluding hydrogens is 464 g/mol. The van der Waals surface area contributed by atoms with E-state index in [-0.39, 0.29) is 23.2 Å². The smallest absolute Gasteiger partial charge is 0.338 e. The molecule has 9 heteroatoms. The van der Waals surface area contributed by atoms with E-state index >= 15 is 0 Å². The van der Waals surface area contributed by atoms with Crippen LogP contribution in [0.2, 0.25) is 0 Å². The summed E-state index contributed by atoms with van der Waals surface area (Å²) in [5, 5.41) is 2.67. The molecule has 3 amide bonds. The van der Waals surface area contributed by atoms with Gasteiger partial charge < -0.3 is 19.5 Å². The third kappa shape index (κ3) is 4.50. The minimum absolute atomic E-state index is 0.0652. The normalized spacial score (nSPS) is 14.8. The second-order valence-corrected chi connectivity index (χ2v) is 8.34. The van der Waals surface area contributed by atoms with E-state index in [0.29, 0.717) is 30.4 Å². The molecule has 5 rings (SSSR count). The topological polar surface area (TPSA) is 111 Å². The zero-order valence-corrected chi connectivity index (χ0v) is 19.4. The molecule has 36 heavy (non-hydrogen) atoms. The highest BCUT2D eigenvalue weighted by Crippen LogP contribution is 2.32. The zero-order valence-electron chi connectivity index (χ0n) is 19.4. The number of esters is 1. The van der Waals surface area contributed by atoms with Crippen LogP contribution in [0.15, 0.2) is 66.7 Å². The van der Waals surface area contributed by atoms with E-state index in [1.807, 2.05) is 30.3 Å². The van der Waals surface area contributed by atoms with E-state index in [4.69, 9.17) is 14.2 Å². The summed E-state index contributed by atoms with van der Waals surface area (Å²) in [5.41, 5.74) is 1.68. The van der Waals surface area contributed by atoms with Crippen LogP contribution in [0, 0.1) is 0 Å². The number of hydrogen-bond acceptors (Lipinski definition) is 7. The van der Waals surface area contributed by atoms with E-state index < -0.39 is 29.8 Å². The Balaban J connectivity index is 1.24. The first kappa shape index (κ1) is 23.1. The predicted octanol–water partition coefficient (Wildman–Crippen LogP) is 3.44. The second-order valence-electron chi connectivity index (χ2n) is 8.34. The van der Waals surface area contributed by atoms with Gasteiger partial charge in [-0.2, -0.15) is 0 Å². The number of imide groups is 1. The van der Waals surface area contributed by atoms with Crippen molar-refractivity contribution in [3.8, 4) is 11.5 Å². The Morgan fingerprint density at radius 1 is 0.917 bits per heavy atom. The lowest BCUT2D eigenvalue weighted by atomic mass is 10.1. The lowest BCUT2D eigenvalue weighted by Gasteiger charge is -2.19. The maximum absolute atomic E-state index is 12.9. The van der Waals surface area contributed by atoms with Gasteiger partial charge in [-0.25, -0.2) is 4.79 Å². The third-order valence-electron chi connectivity index (χ3n) is 5.85. The van der Waals surface area contributed by atoms with E-state index in [0.717, 1.165) is 10.5 Å². The Morgan fingerprint density at radius 3 is 2.42 bits per heavy atom. The van der Waals surface area contributed by atoms with Crippen LogP contribution in [0.1, 0.15) is 43.6 Å². The van der Waals surface area contributed by atoms with Crippen molar-refractivity contribution in [3.63, 3.8) is 0 Å². The number of nitrogens with zero attached hydrogens (tertiary/aromatic N) is 1. The average molecular weight is 486 g/mol. The van der Waals surface area contributed by atoms with Crippen LogP contribution in [-0.4, -0.2) is 47.9 Å². The molecule has 0 bridgehead atoms. The lowest BCUT2D eigenvalue weighted by molar-refractivity contribution is -0.123. The highest BCUT2D eigenvalue weighted by molar-refractivity contribution is 6.21. The lowest BCUT2D eigenvalue weighted by Crippen LogP contribution is -2.30. The zero-order chi connectivity index (χ0) is 25.2. The molecule has 182 valence electrons. The number of ether oxygens (including phenoxy) is 3. The van der Waals surface area contributed by atoms with Crippen LogP contribution < -0.4 is 14.8 Å². The highest BCUT2D eigenvalue weighted by atomic mass is 16.6. The summed E-state index contributed by atoms with van der Waals surface area (Å²) in [6.07, 6.45) is -1.12. The van der Waals surface area contributed by atoms with Gasteiger partial charge in [0.25, 0.3) is 17.7 Å². The molecule has 0 spiro atoms. The number of benzene rings is 3. The Kier molecular flexibility index (Phi) is 6.12. The van der Waals surface area contributed by atoms with Crippen molar-refractivity contribution in [2.75, 3.05) is 18.5 Å². The maximum Gasteiger partial charge on any atom is 0.338 e. The third-order valence-corrected chi connectivity index (χ3v) is 5.85. The molecule has 0 unspecified atom stereocenters. The molecular formula is C27H22N2O7. The van der Waals surface area contributed by atoms with Crippen molar-refractivity contribution in [3.05, 3.63) is 89.0 Å². The molecule has 0 aliphatic carbocycles. The van der Waals surface area contributed by atoms with Crippen molar-refractivity contribution in [2.45, 2.75) is 19.6 Å². The highest BCUT2D eigenvalue weighted by Gasteiger charge is 2.36. The van der Waals surface area contributed by atoms with E-state index in [2.05, 4.69) is 5.32 Å². The fourth-order valence-electron chi connectivity index (χ4n) is 3.97. The first-order valence-corrected chi connectivity index (χ1v) is 11.4. The quantitative estimate of drug-likeness (QED) is 0.420. The number of nitrogens with one attached hydrogen (secondary N) is 1. The van der Waals surface area contributed by atoms with Gasteiger partial charge in [-0.15, -0.1) is 0 Å². The molecule has 2 aliphatic rings. The molecule has 0 saturated heterocycles. The molecule has 1 atom stereocenters. The van der Waals surface area contributed by atoms with Gasteiger partial charge in [0.05, 0.1) is 23.2 Å². The van der Waals surface area contributed by atoms with E-state index in [1.54, 1.807) is 18.2 Å². The molecule has 3 aromatic rings. The number of amides is 3. The van der Waals surface area contributed by atoms with Gasteiger partial charge in [0.2, 0.25) is 0 Å². The standard InChI is InChI=1S/C27H22N2O7/c1-16(24(30)28-19-8-10-22-23(14-19)35-12-11-34-22)36-27(33)18-7-9-20-21(13-18)26(32)29(25(20)31)15-17-5-3-2-4-6-17/h2-10,13-14,16H,11-12,15H2,1H3,(H,28,30)/t16-/m0/s1. The van der Waals surface area contributed by atoms with Gasteiger partial charge in [0.15, 0.2) is 17.6 Å². The van der Waals surface area contributed by atoms with Crippen LogP contribution >= 0.6 is 0 Å². The molecule has 0 saturated carbocycles. The summed E-state index contributed by atoms with van der Waals surface area (Å²) < 4.78 is 16.3. The van der Waals surface area contributed by atoms with Gasteiger partial charge in [-0.3, -0.25) is 19.3 Å². The molecule has 0 fully saturated rings. The van der Waals surface area contributed by atoms with Crippen LogP contribution in [0.3, 0.4) is 0 Å². The summed E-state index contributed by atoms with van der Waals surface area (Å²) in [6, 6.07) is 18.3. The first-order valence-electron chi connectivity index (χ1n) is 11.4. The number of carbonyl (C=O) groups is 4. The van der Waals surface area contributed by atoms with Crippen molar-refractivity contribution in [1.29, 1.82) is 0 Å². The van der Waals surface area contributed by atoms with Gasteiger partial charge >= 0.3 is 5.97 Å². The Hall–Kier alpha value is -4.66. The van der Waals surface area contributed by atoms with Crippen LogP contribution in [0.4, 0.5) is 5.69 Å². The Labute approximate surface area is 206 Å².